The fourth-order valence-electron chi connectivity index (χ4n) is 6.21. The van der Waals surface area contributed by atoms with Crippen molar-refractivity contribution in [3.63, 3.8) is 0 Å². The van der Waals surface area contributed by atoms with Crippen molar-refractivity contribution in [1.82, 2.24) is 0 Å². The molecule has 0 aliphatic heterocycles. The van der Waals surface area contributed by atoms with Crippen molar-refractivity contribution in [2.45, 2.75) is 206 Å². The van der Waals surface area contributed by atoms with Gasteiger partial charge in [-0.15, -0.1) is 0 Å². The predicted molar refractivity (Wildman–Crippen MR) is 243 cm³/mol. The number of ether oxygens (including phenoxy) is 2. The number of phosphoric acid groups is 1. The molecule has 58 heavy (non-hydrogen) atoms. The van der Waals surface area contributed by atoms with Crippen molar-refractivity contribution < 1.29 is 37.6 Å². The van der Waals surface area contributed by atoms with Gasteiger partial charge in [0.05, 0.1) is 13.2 Å². The third-order valence-electron chi connectivity index (χ3n) is 9.64. The Morgan fingerprint density at radius 2 is 0.948 bits per heavy atom. The van der Waals surface area contributed by atoms with E-state index < -0.39 is 32.5 Å². The van der Waals surface area contributed by atoms with Crippen LogP contribution in [0.1, 0.15) is 200 Å². The van der Waals surface area contributed by atoms with Gasteiger partial charge in [0, 0.05) is 19.4 Å². The van der Waals surface area contributed by atoms with Crippen LogP contribution in [0.15, 0.2) is 60.8 Å². The molecule has 0 aromatic rings. The molecule has 10 heteroatoms. The Kier molecular flexibility index (Phi) is 42.5. The van der Waals surface area contributed by atoms with E-state index in [9.17, 15) is 19.0 Å². The number of phosphoric ester groups is 1. The van der Waals surface area contributed by atoms with Gasteiger partial charge in [0.1, 0.15) is 6.61 Å². The van der Waals surface area contributed by atoms with Crippen LogP contribution in [0.2, 0.25) is 0 Å². The highest BCUT2D eigenvalue weighted by atomic mass is 31.2. The van der Waals surface area contributed by atoms with Crippen LogP contribution in [0.4, 0.5) is 0 Å². The summed E-state index contributed by atoms with van der Waals surface area (Å²) in [5.41, 5.74) is 5.35. The molecule has 0 aliphatic carbocycles. The average Bonchev–Trinajstić information content (AvgIpc) is 3.21. The summed E-state index contributed by atoms with van der Waals surface area (Å²) >= 11 is 0. The number of carbonyl (C=O) groups excluding carboxylic acids is 2. The monoisotopic (exact) mass is 836 g/mol. The van der Waals surface area contributed by atoms with Gasteiger partial charge in [-0.25, -0.2) is 4.57 Å². The molecule has 0 saturated carbocycles. The summed E-state index contributed by atoms with van der Waals surface area (Å²) < 4.78 is 32.8. The van der Waals surface area contributed by atoms with E-state index in [0.29, 0.717) is 6.42 Å². The molecule has 3 N–H and O–H groups in total. The van der Waals surface area contributed by atoms with E-state index in [1.165, 1.54) is 83.5 Å². The number of hydrogen-bond donors (Lipinski definition) is 2. The Hall–Kier alpha value is -2.29. The van der Waals surface area contributed by atoms with E-state index in [4.69, 9.17) is 24.3 Å². The molecule has 0 aromatic heterocycles. The lowest BCUT2D eigenvalue weighted by atomic mass is 10.0. The fraction of sp³-hybridized carbons (Fsp3) is 0.750. The average molecular weight is 836 g/mol. The molecular formula is C48H86NO8P. The zero-order valence-electron chi connectivity index (χ0n) is 37.0. The second kappa shape index (κ2) is 44.3. The summed E-state index contributed by atoms with van der Waals surface area (Å²) in [7, 11) is -4.38. The Balaban J connectivity index is 4.04. The topological polar surface area (TPSA) is 134 Å². The molecule has 0 rings (SSSR count). The van der Waals surface area contributed by atoms with E-state index in [-0.39, 0.29) is 32.6 Å². The maximum Gasteiger partial charge on any atom is 0.472 e. The third kappa shape index (κ3) is 43.3. The highest BCUT2D eigenvalue weighted by Gasteiger charge is 2.26. The van der Waals surface area contributed by atoms with Gasteiger partial charge in [0.15, 0.2) is 6.10 Å². The first-order chi connectivity index (χ1) is 28.3. The number of esters is 2. The Morgan fingerprint density at radius 1 is 0.534 bits per heavy atom. The molecule has 0 bridgehead atoms. The Morgan fingerprint density at radius 3 is 1.43 bits per heavy atom. The van der Waals surface area contributed by atoms with Crippen LogP contribution in [0.5, 0.6) is 0 Å². The summed E-state index contributed by atoms with van der Waals surface area (Å²) in [6, 6.07) is 0. The third-order valence-corrected chi connectivity index (χ3v) is 10.6. The van der Waals surface area contributed by atoms with Crippen LogP contribution >= 0.6 is 7.82 Å². The van der Waals surface area contributed by atoms with Crippen molar-refractivity contribution in [1.29, 1.82) is 0 Å². The Bertz CT molecular complexity index is 1130. The molecule has 9 nitrogen and oxygen atoms in total. The normalized spacial score (nSPS) is 13.8. The molecule has 0 aromatic carbocycles. The van der Waals surface area contributed by atoms with Crippen molar-refractivity contribution in [3.05, 3.63) is 60.8 Å². The summed E-state index contributed by atoms with van der Waals surface area (Å²) in [5, 5.41) is 0. The number of nitrogens with two attached hydrogens (primary N) is 1. The van der Waals surface area contributed by atoms with E-state index in [0.717, 1.165) is 83.5 Å². The first-order valence-corrected chi connectivity index (χ1v) is 24.8. The van der Waals surface area contributed by atoms with Crippen LogP contribution in [-0.4, -0.2) is 49.3 Å². The first kappa shape index (κ1) is 55.7. The Labute approximate surface area is 355 Å². The van der Waals surface area contributed by atoms with Crippen LogP contribution in [0.3, 0.4) is 0 Å². The van der Waals surface area contributed by atoms with Crippen molar-refractivity contribution in [3.8, 4) is 0 Å². The zero-order chi connectivity index (χ0) is 42.5. The number of rotatable bonds is 43. The van der Waals surface area contributed by atoms with E-state index in [1.807, 2.05) is 0 Å². The SMILES string of the molecule is CC/C=C\C/C=C\C/C=C\C/C=C\CCCCCCCCCCCCCCC(=O)OC(COC(=O)CCCCCCC/C=C\CCCCC)COP(=O)(O)OCCN. The molecule has 0 fully saturated rings. The molecule has 0 radical (unpaired) electrons. The van der Waals surface area contributed by atoms with Gasteiger partial charge in [-0.05, 0) is 77.0 Å². The van der Waals surface area contributed by atoms with Gasteiger partial charge in [0.25, 0.3) is 0 Å². The fourth-order valence-corrected chi connectivity index (χ4v) is 6.97. The highest BCUT2D eigenvalue weighted by molar-refractivity contribution is 7.47. The maximum absolute atomic E-state index is 12.6. The molecule has 0 amide bonds. The minimum Gasteiger partial charge on any atom is -0.462 e. The highest BCUT2D eigenvalue weighted by Crippen LogP contribution is 2.43. The molecule has 2 unspecified atom stereocenters. The molecule has 0 aliphatic rings. The van der Waals surface area contributed by atoms with Crippen molar-refractivity contribution >= 4 is 19.8 Å². The van der Waals surface area contributed by atoms with Gasteiger partial charge in [-0.1, -0.05) is 171 Å². The summed E-state index contributed by atoms with van der Waals surface area (Å²) in [5.74, 6) is -0.842. The molecule has 336 valence electrons. The van der Waals surface area contributed by atoms with E-state index >= 15 is 0 Å². The van der Waals surface area contributed by atoms with Gasteiger partial charge in [0.2, 0.25) is 0 Å². The molecule has 2 atom stereocenters. The van der Waals surface area contributed by atoms with Crippen LogP contribution in [-0.2, 0) is 32.7 Å². The lowest BCUT2D eigenvalue weighted by molar-refractivity contribution is -0.161. The number of carbonyl (C=O) groups is 2. The van der Waals surface area contributed by atoms with Crippen LogP contribution < -0.4 is 5.73 Å². The minimum absolute atomic E-state index is 0.0503. The van der Waals surface area contributed by atoms with E-state index in [2.05, 4.69) is 74.6 Å². The standard InChI is InChI=1S/C48H86NO8P/c1-3-5-7-9-11-13-15-17-18-19-20-21-22-23-24-25-26-27-28-29-31-33-35-37-39-41-48(51)57-46(45-56-58(52,53)55-43-42-49)44-54-47(50)40-38-36-34-32-30-16-14-12-10-8-6-4-2/h5,7,11-14,17-18,20-21,46H,3-4,6,8-10,15-16,19,22-45,49H2,1-2H3,(H,52,53)/b7-5-,13-11-,14-12-,18-17-,21-20-. The maximum atomic E-state index is 12.6. The lowest BCUT2D eigenvalue weighted by Crippen LogP contribution is -2.29. The zero-order valence-corrected chi connectivity index (χ0v) is 37.9. The number of hydrogen-bond acceptors (Lipinski definition) is 8. The van der Waals surface area contributed by atoms with E-state index in [1.54, 1.807) is 0 Å². The largest absolute Gasteiger partial charge is 0.472 e. The molecular weight excluding hydrogens is 750 g/mol. The summed E-state index contributed by atoms with van der Waals surface area (Å²) in [6.45, 7) is 3.58. The van der Waals surface area contributed by atoms with Gasteiger partial charge < -0.3 is 20.1 Å². The first-order valence-electron chi connectivity index (χ1n) is 23.3. The van der Waals surface area contributed by atoms with Gasteiger partial charge in [-0.3, -0.25) is 18.6 Å². The van der Waals surface area contributed by atoms with Gasteiger partial charge in [-0.2, -0.15) is 0 Å². The predicted octanol–water partition coefficient (Wildman–Crippen LogP) is 13.7. The second-order valence-corrected chi connectivity index (χ2v) is 16.7. The molecule has 0 heterocycles. The van der Waals surface area contributed by atoms with Crippen LogP contribution in [0.25, 0.3) is 0 Å². The number of unbranched alkanes of at least 4 members (excludes halogenated alkanes) is 20. The second-order valence-electron chi connectivity index (χ2n) is 15.2. The smallest absolute Gasteiger partial charge is 0.462 e. The van der Waals surface area contributed by atoms with Crippen molar-refractivity contribution in [2.75, 3.05) is 26.4 Å². The molecule has 0 spiro atoms. The summed E-state index contributed by atoms with van der Waals surface area (Å²) in [6.07, 6.45) is 52.6. The summed E-state index contributed by atoms with van der Waals surface area (Å²) in [4.78, 5) is 34.9. The quantitative estimate of drug-likeness (QED) is 0.0266. The molecule has 0 saturated heterocycles. The van der Waals surface area contributed by atoms with Crippen molar-refractivity contribution in [2.24, 2.45) is 5.73 Å². The van der Waals surface area contributed by atoms with Crippen LogP contribution in [0, 0.1) is 0 Å². The lowest BCUT2D eigenvalue weighted by Gasteiger charge is -2.19. The number of allylic oxidation sites excluding steroid dienone is 10. The minimum atomic E-state index is -4.38. The van der Waals surface area contributed by atoms with Gasteiger partial charge >= 0.3 is 19.8 Å².